The average molecular weight is 340 g/mol. The molecule has 0 spiro atoms. The van der Waals surface area contributed by atoms with Crippen molar-refractivity contribution in [1.82, 2.24) is 9.97 Å². The molecular weight excluding hydrogens is 316 g/mol. The van der Waals surface area contributed by atoms with Crippen LogP contribution in [0.3, 0.4) is 0 Å². The maximum absolute atomic E-state index is 5.66. The molecule has 0 amide bonds. The van der Waals surface area contributed by atoms with Gasteiger partial charge in [0.2, 0.25) is 5.95 Å². The molecule has 0 radical (unpaired) electrons. The highest BCUT2D eigenvalue weighted by Crippen LogP contribution is 2.18. The van der Waals surface area contributed by atoms with Crippen LogP contribution in [0.1, 0.15) is 12.5 Å². The van der Waals surface area contributed by atoms with Crippen molar-refractivity contribution < 1.29 is 9.47 Å². The minimum atomic E-state index is 0.528. The van der Waals surface area contributed by atoms with Gasteiger partial charge < -0.3 is 19.7 Å². The number of nitrogens with zero attached hydrogens (tertiary/aromatic N) is 3. The molecule has 6 heteroatoms. The molecule has 3 rings (SSSR count). The van der Waals surface area contributed by atoms with E-state index in [2.05, 4.69) is 26.8 Å². The van der Waals surface area contributed by atoms with Gasteiger partial charge in [0.1, 0.15) is 12.4 Å². The van der Waals surface area contributed by atoms with Crippen LogP contribution >= 0.6 is 0 Å². The second kappa shape index (κ2) is 8.48. The highest BCUT2D eigenvalue weighted by atomic mass is 16.5. The lowest BCUT2D eigenvalue weighted by atomic mass is 10.2. The van der Waals surface area contributed by atoms with Crippen molar-refractivity contribution in [2.75, 3.05) is 43.1 Å². The summed E-state index contributed by atoms with van der Waals surface area (Å²) < 4.78 is 11.0. The highest BCUT2D eigenvalue weighted by molar-refractivity contribution is 5.48. The number of benzene rings is 1. The van der Waals surface area contributed by atoms with E-state index in [4.69, 9.17) is 9.47 Å². The van der Waals surface area contributed by atoms with E-state index in [9.17, 15) is 0 Å². The summed E-state index contributed by atoms with van der Waals surface area (Å²) in [6.45, 7) is 10.1. The van der Waals surface area contributed by atoms with Gasteiger partial charge in [0.05, 0.1) is 13.2 Å². The SMILES string of the molecule is C=C(C)COc1cccc(NCc2cnc(N3CCOCC3)nc2)c1. The van der Waals surface area contributed by atoms with Gasteiger partial charge in [-0.25, -0.2) is 9.97 Å². The molecule has 1 saturated heterocycles. The minimum absolute atomic E-state index is 0.528. The fourth-order valence-electron chi connectivity index (χ4n) is 2.47. The zero-order valence-corrected chi connectivity index (χ0v) is 14.6. The topological polar surface area (TPSA) is 59.5 Å². The van der Waals surface area contributed by atoms with Crippen LogP contribution in [0.15, 0.2) is 48.8 Å². The highest BCUT2D eigenvalue weighted by Gasteiger charge is 2.13. The molecule has 1 aliphatic heterocycles. The molecule has 1 aromatic heterocycles. The molecule has 132 valence electrons. The van der Waals surface area contributed by atoms with Gasteiger partial charge in [-0.1, -0.05) is 12.6 Å². The number of morpholine rings is 1. The van der Waals surface area contributed by atoms with Gasteiger partial charge in [0.15, 0.2) is 0 Å². The Morgan fingerprint density at radius 1 is 1.28 bits per heavy atom. The standard InChI is InChI=1S/C19H24N4O2/c1-15(2)14-25-18-5-3-4-17(10-18)20-11-16-12-21-19(22-13-16)23-6-8-24-9-7-23/h3-5,10,12-13,20H,1,6-9,11,14H2,2H3. The van der Waals surface area contributed by atoms with Crippen LogP contribution in [-0.4, -0.2) is 42.9 Å². The molecule has 0 aliphatic carbocycles. The van der Waals surface area contributed by atoms with E-state index in [1.807, 2.05) is 43.6 Å². The van der Waals surface area contributed by atoms with Crippen molar-refractivity contribution >= 4 is 11.6 Å². The van der Waals surface area contributed by atoms with Crippen molar-refractivity contribution in [1.29, 1.82) is 0 Å². The van der Waals surface area contributed by atoms with Crippen LogP contribution in [0, 0.1) is 0 Å². The predicted molar refractivity (Wildman–Crippen MR) is 99.1 cm³/mol. The van der Waals surface area contributed by atoms with Gasteiger partial charge in [-0.2, -0.15) is 0 Å². The van der Waals surface area contributed by atoms with Crippen molar-refractivity contribution in [3.63, 3.8) is 0 Å². The third kappa shape index (κ3) is 5.19. The maximum atomic E-state index is 5.66. The van der Waals surface area contributed by atoms with Crippen LogP contribution in [0.25, 0.3) is 0 Å². The molecule has 0 unspecified atom stereocenters. The summed E-state index contributed by atoms with van der Waals surface area (Å²) in [7, 11) is 0. The Kier molecular flexibility index (Phi) is 5.85. The first kappa shape index (κ1) is 17.2. The summed E-state index contributed by atoms with van der Waals surface area (Å²) in [5.41, 5.74) is 3.03. The Morgan fingerprint density at radius 3 is 2.76 bits per heavy atom. The molecule has 1 N–H and O–H groups in total. The monoisotopic (exact) mass is 340 g/mol. The van der Waals surface area contributed by atoms with E-state index in [0.717, 1.165) is 54.8 Å². The Balaban J connectivity index is 1.54. The summed E-state index contributed by atoms with van der Waals surface area (Å²) in [6.07, 6.45) is 3.73. The lowest BCUT2D eigenvalue weighted by molar-refractivity contribution is 0.122. The minimum Gasteiger partial charge on any atom is -0.489 e. The molecule has 1 fully saturated rings. The van der Waals surface area contributed by atoms with E-state index in [1.165, 1.54) is 0 Å². The maximum Gasteiger partial charge on any atom is 0.225 e. The number of rotatable bonds is 7. The molecular formula is C19H24N4O2. The zero-order chi connectivity index (χ0) is 17.5. The smallest absolute Gasteiger partial charge is 0.225 e. The zero-order valence-electron chi connectivity index (χ0n) is 14.6. The fraction of sp³-hybridized carbons (Fsp3) is 0.368. The Bertz CT molecular complexity index is 697. The second-order valence-electron chi connectivity index (χ2n) is 6.12. The number of hydrogen-bond acceptors (Lipinski definition) is 6. The fourth-order valence-corrected chi connectivity index (χ4v) is 2.47. The van der Waals surface area contributed by atoms with Gasteiger partial charge >= 0.3 is 0 Å². The summed E-state index contributed by atoms with van der Waals surface area (Å²) in [4.78, 5) is 11.1. The molecule has 1 aromatic carbocycles. The number of nitrogens with one attached hydrogen (secondary N) is 1. The quantitative estimate of drug-likeness (QED) is 0.782. The van der Waals surface area contributed by atoms with Gasteiger partial charge in [-0.15, -0.1) is 0 Å². The second-order valence-corrected chi connectivity index (χ2v) is 6.12. The number of aromatic nitrogens is 2. The van der Waals surface area contributed by atoms with Crippen LogP contribution in [0.4, 0.5) is 11.6 Å². The van der Waals surface area contributed by atoms with Crippen molar-refractivity contribution in [2.24, 2.45) is 0 Å². The summed E-state index contributed by atoms with van der Waals surface area (Å²) in [5.74, 6) is 1.59. The van der Waals surface area contributed by atoms with Crippen LogP contribution < -0.4 is 15.0 Å². The number of anilines is 2. The first-order chi connectivity index (χ1) is 12.2. The third-order valence-electron chi connectivity index (χ3n) is 3.80. The summed E-state index contributed by atoms with van der Waals surface area (Å²) in [5, 5.41) is 3.37. The van der Waals surface area contributed by atoms with Crippen LogP contribution in [0.5, 0.6) is 5.75 Å². The summed E-state index contributed by atoms with van der Waals surface area (Å²) >= 11 is 0. The Labute approximate surface area is 148 Å². The van der Waals surface area contributed by atoms with Crippen molar-refractivity contribution in [3.05, 3.63) is 54.4 Å². The van der Waals surface area contributed by atoms with E-state index in [1.54, 1.807) is 0 Å². The number of ether oxygens (including phenoxy) is 2. The Morgan fingerprint density at radius 2 is 2.04 bits per heavy atom. The molecule has 6 nitrogen and oxygen atoms in total. The number of hydrogen-bond donors (Lipinski definition) is 1. The average Bonchev–Trinajstić information content (AvgIpc) is 2.66. The molecule has 25 heavy (non-hydrogen) atoms. The van der Waals surface area contributed by atoms with Crippen LogP contribution in [-0.2, 0) is 11.3 Å². The normalized spacial score (nSPS) is 14.2. The summed E-state index contributed by atoms with van der Waals surface area (Å²) in [6, 6.07) is 7.89. The molecule has 2 aromatic rings. The van der Waals surface area contributed by atoms with Gasteiger partial charge in [-0.3, -0.25) is 0 Å². The molecule has 1 aliphatic rings. The van der Waals surface area contributed by atoms with E-state index in [0.29, 0.717) is 13.2 Å². The van der Waals surface area contributed by atoms with Gasteiger partial charge in [-0.05, 0) is 24.6 Å². The van der Waals surface area contributed by atoms with Crippen molar-refractivity contribution in [3.8, 4) is 5.75 Å². The van der Waals surface area contributed by atoms with Gasteiger partial charge in [0.25, 0.3) is 0 Å². The van der Waals surface area contributed by atoms with Crippen LogP contribution in [0.2, 0.25) is 0 Å². The molecule has 0 bridgehead atoms. The molecule has 0 atom stereocenters. The van der Waals surface area contributed by atoms with E-state index >= 15 is 0 Å². The predicted octanol–water partition coefficient (Wildman–Crippen LogP) is 2.88. The van der Waals surface area contributed by atoms with Gasteiger partial charge in [0, 0.05) is 49.3 Å². The molecule has 2 heterocycles. The first-order valence-corrected chi connectivity index (χ1v) is 8.45. The Hall–Kier alpha value is -2.60. The van der Waals surface area contributed by atoms with E-state index in [-0.39, 0.29) is 0 Å². The van der Waals surface area contributed by atoms with Crippen molar-refractivity contribution in [2.45, 2.75) is 13.5 Å². The lowest BCUT2D eigenvalue weighted by Gasteiger charge is -2.26. The molecule has 0 saturated carbocycles. The third-order valence-corrected chi connectivity index (χ3v) is 3.80. The van der Waals surface area contributed by atoms with E-state index < -0.39 is 0 Å². The lowest BCUT2D eigenvalue weighted by Crippen LogP contribution is -2.37. The largest absolute Gasteiger partial charge is 0.489 e. The first-order valence-electron chi connectivity index (χ1n) is 8.45.